The van der Waals surface area contributed by atoms with E-state index in [0.717, 1.165) is 15.9 Å². The van der Waals surface area contributed by atoms with Crippen molar-refractivity contribution in [1.29, 1.82) is 0 Å². The van der Waals surface area contributed by atoms with Crippen LogP contribution in [0.15, 0.2) is 56.7 Å². The van der Waals surface area contributed by atoms with E-state index in [1.165, 1.54) is 30.5 Å². The molecule has 0 unspecified atom stereocenters. The number of nitrogens with zero attached hydrogens (tertiary/aromatic N) is 2. The molecule has 0 spiro atoms. The Morgan fingerprint density at radius 3 is 2.66 bits per heavy atom. The van der Waals surface area contributed by atoms with E-state index in [2.05, 4.69) is 9.72 Å². The predicted octanol–water partition coefficient (Wildman–Crippen LogP) is 2.96. The summed E-state index contributed by atoms with van der Waals surface area (Å²) in [6, 6.07) is 8.54. The van der Waals surface area contributed by atoms with Gasteiger partial charge in [0.15, 0.2) is 5.69 Å². The molecule has 2 heterocycles. The number of nitrogens with one attached hydrogen (secondary N) is 1. The average Bonchev–Trinajstić information content (AvgIpc) is 3.25. The quantitative estimate of drug-likeness (QED) is 0.519. The number of carbonyl (C=O) groups is 1. The Bertz CT molecular complexity index is 1190. The number of aromatic nitrogens is 2. The number of rotatable bonds is 9. The summed E-state index contributed by atoms with van der Waals surface area (Å²) in [5.74, 6) is -1.13. The standard InChI is InChI=1S/C21H22F2N4O5/c1-2-3-10-26-17(24)16(18(28)25-21(26)30)27(12-13-7-6-11-31-13)19(29)14-8-4-5-9-15(14)32-20(22)23/h4-9,11,20H,2-3,10,12,24H2,1H3,(H,25,28,30). The summed E-state index contributed by atoms with van der Waals surface area (Å²) >= 11 is 0. The lowest BCUT2D eigenvalue weighted by Gasteiger charge is -2.24. The number of hydrogen-bond acceptors (Lipinski definition) is 6. The summed E-state index contributed by atoms with van der Waals surface area (Å²) < 4.78 is 36.6. The number of halogens is 2. The van der Waals surface area contributed by atoms with Gasteiger partial charge in [0.05, 0.1) is 18.4 Å². The molecule has 0 aliphatic rings. The Morgan fingerprint density at radius 1 is 1.25 bits per heavy atom. The summed E-state index contributed by atoms with van der Waals surface area (Å²) in [7, 11) is 0. The number of aromatic amines is 1. The minimum atomic E-state index is -3.16. The number of carbonyl (C=O) groups excluding carboxylic acids is 1. The van der Waals surface area contributed by atoms with E-state index < -0.39 is 23.8 Å². The maximum Gasteiger partial charge on any atom is 0.387 e. The van der Waals surface area contributed by atoms with Crippen LogP contribution in [-0.2, 0) is 13.1 Å². The van der Waals surface area contributed by atoms with Crippen LogP contribution in [0.1, 0.15) is 35.9 Å². The van der Waals surface area contributed by atoms with Crippen molar-refractivity contribution >= 4 is 17.4 Å². The van der Waals surface area contributed by atoms with Crippen molar-refractivity contribution in [3.05, 3.63) is 74.8 Å². The van der Waals surface area contributed by atoms with E-state index in [-0.39, 0.29) is 35.9 Å². The Morgan fingerprint density at radius 2 is 2.00 bits per heavy atom. The van der Waals surface area contributed by atoms with Gasteiger partial charge in [-0.3, -0.25) is 24.0 Å². The molecule has 11 heteroatoms. The Hall–Kier alpha value is -3.89. The van der Waals surface area contributed by atoms with Gasteiger partial charge in [-0.15, -0.1) is 0 Å². The molecule has 32 heavy (non-hydrogen) atoms. The summed E-state index contributed by atoms with van der Waals surface area (Å²) in [6.45, 7) is -1.26. The van der Waals surface area contributed by atoms with Gasteiger partial charge in [-0.1, -0.05) is 25.5 Å². The first-order chi connectivity index (χ1) is 15.3. The molecule has 1 aromatic carbocycles. The van der Waals surface area contributed by atoms with Crippen molar-refractivity contribution in [2.75, 3.05) is 10.6 Å². The lowest BCUT2D eigenvalue weighted by molar-refractivity contribution is -0.0501. The third kappa shape index (κ3) is 4.88. The second-order valence-corrected chi connectivity index (χ2v) is 6.84. The van der Waals surface area contributed by atoms with Crippen LogP contribution in [0.3, 0.4) is 0 Å². The summed E-state index contributed by atoms with van der Waals surface area (Å²) in [5.41, 5.74) is 4.03. The minimum Gasteiger partial charge on any atom is -0.467 e. The second kappa shape index (κ2) is 9.94. The Balaban J connectivity index is 2.16. The zero-order valence-electron chi connectivity index (χ0n) is 17.2. The van der Waals surface area contributed by atoms with Crippen molar-refractivity contribution in [2.24, 2.45) is 0 Å². The molecule has 9 nitrogen and oxygen atoms in total. The van der Waals surface area contributed by atoms with Gasteiger partial charge in [-0.05, 0) is 30.7 Å². The Labute approximate surface area is 181 Å². The lowest BCUT2D eigenvalue weighted by atomic mass is 10.1. The first-order valence-electron chi connectivity index (χ1n) is 9.84. The molecule has 0 aliphatic carbocycles. The van der Waals surface area contributed by atoms with Gasteiger partial charge in [0.2, 0.25) is 0 Å². The number of amides is 1. The molecule has 3 N–H and O–H groups in total. The number of nitrogen functional groups attached to an aromatic ring is 1. The van der Waals surface area contributed by atoms with Gasteiger partial charge in [0, 0.05) is 6.54 Å². The number of para-hydroxylation sites is 1. The third-order valence-electron chi connectivity index (χ3n) is 4.69. The largest absolute Gasteiger partial charge is 0.467 e. The van der Waals surface area contributed by atoms with Crippen molar-refractivity contribution in [3.63, 3.8) is 0 Å². The van der Waals surface area contributed by atoms with Crippen LogP contribution in [-0.4, -0.2) is 22.1 Å². The molecule has 2 aromatic heterocycles. The highest BCUT2D eigenvalue weighted by Crippen LogP contribution is 2.27. The zero-order chi connectivity index (χ0) is 23.3. The number of nitrogens with two attached hydrogens (primary N) is 1. The topological polar surface area (TPSA) is 124 Å². The number of hydrogen-bond donors (Lipinski definition) is 2. The number of furan rings is 1. The Kier molecular flexibility index (Phi) is 7.08. The molecule has 1 amide bonds. The van der Waals surface area contributed by atoms with Crippen LogP contribution in [0, 0.1) is 0 Å². The normalized spacial score (nSPS) is 11.0. The van der Waals surface area contributed by atoms with Gasteiger partial charge in [0.1, 0.15) is 17.3 Å². The smallest absolute Gasteiger partial charge is 0.387 e. The van der Waals surface area contributed by atoms with E-state index >= 15 is 0 Å². The zero-order valence-corrected chi connectivity index (χ0v) is 17.2. The fourth-order valence-electron chi connectivity index (χ4n) is 3.17. The van der Waals surface area contributed by atoms with E-state index in [1.54, 1.807) is 12.1 Å². The molecule has 0 fully saturated rings. The molecule has 3 aromatic rings. The third-order valence-corrected chi connectivity index (χ3v) is 4.69. The van der Waals surface area contributed by atoms with Crippen molar-refractivity contribution < 1.29 is 22.7 Å². The van der Waals surface area contributed by atoms with Gasteiger partial charge in [-0.2, -0.15) is 8.78 Å². The SMILES string of the molecule is CCCCn1c(N)c(N(Cc2ccco2)C(=O)c2ccccc2OC(F)F)c(=O)[nH]c1=O. The fourth-order valence-corrected chi connectivity index (χ4v) is 3.17. The highest BCUT2D eigenvalue weighted by atomic mass is 19.3. The highest BCUT2D eigenvalue weighted by molar-refractivity contribution is 6.08. The maximum absolute atomic E-state index is 13.5. The van der Waals surface area contributed by atoms with E-state index in [1.807, 2.05) is 6.92 Å². The molecule has 0 atom stereocenters. The number of alkyl halides is 2. The average molecular weight is 448 g/mol. The van der Waals surface area contributed by atoms with Gasteiger partial charge in [-0.25, -0.2) is 4.79 Å². The van der Waals surface area contributed by atoms with Crippen LogP contribution in [0.25, 0.3) is 0 Å². The number of H-pyrrole nitrogens is 1. The van der Waals surface area contributed by atoms with Crippen LogP contribution >= 0.6 is 0 Å². The van der Waals surface area contributed by atoms with Crippen molar-refractivity contribution in [2.45, 2.75) is 39.5 Å². The molecule has 170 valence electrons. The summed E-state index contributed by atoms with van der Waals surface area (Å²) in [4.78, 5) is 41.6. The van der Waals surface area contributed by atoms with Crippen LogP contribution in [0.2, 0.25) is 0 Å². The second-order valence-electron chi connectivity index (χ2n) is 6.84. The number of anilines is 2. The number of ether oxygens (including phenoxy) is 1. The van der Waals surface area contributed by atoms with E-state index in [4.69, 9.17) is 10.2 Å². The predicted molar refractivity (Wildman–Crippen MR) is 113 cm³/mol. The maximum atomic E-state index is 13.5. The molecule has 3 rings (SSSR count). The van der Waals surface area contributed by atoms with Crippen molar-refractivity contribution in [3.8, 4) is 5.75 Å². The fraction of sp³-hybridized carbons (Fsp3) is 0.286. The summed E-state index contributed by atoms with van der Waals surface area (Å²) in [5, 5.41) is 0. The lowest BCUT2D eigenvalue weighted by Crippen LogP contribution is -2.41. The molecule has 0 aliphatic heterocycles. The summed E-state index contributed by atoms with van der Waals surface area (Å²) in [6.07, 6.45) is 2.74. The van der Waals surface area contributed by atoms with Gasteiger partial charge < -0.3 is 14.9 Å². The van der Waals surface area contributed by atoms with Gasteiger partial charge >= 0.3 is 12.3 Å². The van der Waals surface area contributed by atoms with E-state index in [9.17, 15) is 23.2 Å². The minimum absolute atomic E-state index is 0.218. The van der Waals surface area contributed by atoms with E-state index in [0.29, 0.717) is 12.2 Å². The van der Waals surface area contributed by atoms with Crippen LogP contribution in [0.4, 0.5) is 20.3 Å². The highest BCUT2D eigenvalue weighted by Gasteiger charge is 2.28. The molecule has 0 radical (unpaired) electrons. The van der Waals surface area contributed by atoms with Crippen LogP contribution in [0.5, 0.6) is 5.75 Å². The number of benzene rings is 1. The first kappa shape index (κ1) is 22.8. The molecule has 0 saturated carbocycles. The molecular weight excluding hydrogens is 426 g/mol. The molecular formula is C21H22F2N4O5. The molecule has 0 saturated heterocycles. The number of unbranched alkanes of at least 4 members (excludes halogenated alkanes) is 1. The monoisotopic (exact) mass is 448 g/mol. The first-order valence-corrected chi connectivity index (χ1v) is 9.84. The van der Waals surface area contributed by atoms with Crippen LogP contribution < -0.4 is 26.6 Å². The van der Waals surface area contributed by atoms with Gasteiger partial charge in [0.25, 0.3) is 11.5 Å². The van der Waals surface area contributed by atoms with Crippen molar-refractivity contribution in [1.82, 2.24) is 9.55 Å². The molecule has 0 bridgehead atoms.